The Bertz CT molecular complexity index is 499. The summed E-state index contributed by atoms with van der Waals surface area (Å²) in [6.07, 6.45) is -6.48. The molecule has 0 amide bonds. The fourth-order valence-electron chi connectivity index (χ4n) is 1.81. The van der Waals surface area contributed by atoms with Crippen LogP contribution in [-0.2, 0) is 11.0 Å². The first kappa shape index (κ1) is 16.4. The number of carboxylic acid groups (broad SMARTS) is 1. The van der Waals surface area contributed by atoms with E-state index >= 15 is 0 Å². The zero-order chi connectivity index (χ0) is 15.7. The Labute approximate surface area is 112 Å². The lowest BCUT2D eigenvalue weighted by atomic mass is 9.85. The van der Waals surface area contributed by atoms with Gasteiger partial charge in [-0.15, -0.1) is 0 Å². The summed E-state index contributed by atoms with van der Waals surface area (Å²) >= 11 is 0. The topological polar surface area (TPSA) is 57.5 Å². The first-order valence-electron chi connectivity index (χ1n) is 5.83. The average Bonchev–Trinajstić information content (AvgIpc) is 2.34. The predicted molar refractivity (Wildman–Crippen MR) is 62.3 cm³/mol. The third-order valence-electron chi connectivity index (χ3n) is 3.32. The molecule has 0 bridgehead atoms. The van der Waals surface area contributed by atoms with E-state index < -0.39 is 47.0 Å². The van der Waals surface area contributed by atoms with Crippen LogP contribution in [0.25, 0.3) is 0 Å². The zero-order valence-electron chi connectivity index (χ0n) is 10.8. The smallest absolute Gasteiger partial charge is 0.416 e. The number of aliphatic carboxylic acids is 1. The van der Waals surface area contributed by atoms with Gasteiger partial charge in [-0.1, -0.05) is 19.9 Å². The van der Waals surface area contributed by atoms with Gasteiger partial charge in [0.2, 0.25) is 0 Å². The molecule has 0 spiro atoms. The second-order valence-electron chi connectivity index (χ2n) is 4.66. The van der Waals surface area contributed by atoms with Gasteiger partial charge in [0, 0.05) is 0 Å². The van der Waals surface area contributed by atoms with Crippen LogP contribution in [0, 0.1) is 17.7 Å². The Morgan fingerprint density at radius 2 is 1.80 bits per heavy atom. The maximum Gasteiger partial charge on any atom is 0.416 e. The zero-order valence-corrected chi connectivity index (χ0v) is 10.8. The minimum atomic E-state index is -4.83. The van der Waals surface area contributed by atoms with E-state index in [1.165, 1.54) is 13.8 Å². The minimum absolute atomic E-state index is 0.288. The van der Waals surface area contributed by atoms with Crippen molar-refractivity contribution in [2.24, 2.45) is 11.8 Å². The molecule has 3 atom stereocenters. The van der Waals surface area contributed by atoms with Gasteiger partial charge in [0.15, 0.2) is 0 Å². The molecule has 0 aliphatic heterocycles. The molecule has 0 aliphatic rings. The van der Waals surface area contributed by atoms with Gasteiger partial charge in [-0.05, 0) is 23.6 Å². The summed E-state index contributed by atoms with van der Waals surface area (Å²) in [6, 6.07) is 1.91. The van der Waals surface area contributed by atoms with E-state index in [1.54, 1.807) is 0 Å². The van der Waals surface area contributed by atoms with Crippen LogP contribution >= 0.6 is 0 Å². The number of alkyl halides is 3. The van der Waals surface area contributed by atoms with Crippen molar-refractivity contribution >= 4 is 5.97 Å². The van der Waals surface area contributed by atoms with Crippen LogP contribution in [-0.4, -0.2) is 16.2 Å². The lowest BCUT2D eigenvalue weighted by molar-refractivity contribution is -0.145. The third-order valence-corrected chi connectivity index (χ3v) is 3.32. The monoisotopic (exact) mass is 294 g/mol. The lowest BCUT2D eigenvalue weighted by Crippen LogP contribution is -2.25. The molecule has 0 aliphatic carbocycles. The predicted octanol–water partition coefficient (Wildman–Crippen LogP) is 3.23. The highest BCUT2D eigenvalue weighted by atomic mass is 19.4. The Kier molecular flexibility index (Phi) is 4.75. The summed E-state index contributed by atoms with van der Waals surface area (Å²) < 4.78 is 51.4. The summed E-state index contributed by atoms with van der Waals surface area (Å²) in [6.45, 7) is 2.61. The van der Waals surface area contributed by atoms with Crippen molar-refractivity contribution in [3.63, 3.8) is 0 Å². The summed E-state index contributed by atoms with van der Waals surface area (Å²) in [5.74, 6) is -4.31. The first-order valence-corrected chi connectivity index (χ1v) is 5.83. The van der Waals surface area contributed by atoms with E-state index in [0.717, 1.165) is 12.1 Å². The fraction of sp³-hybridized carbons (Fsp3) is 0.462. The van der Waals surface area contributed by atoms with E-state index in [-0.39, 0.29) is 6.07 Å². The van der Waals surface area contributed by atoms with Crippen LogP contribution in [0.5, 0.6) is 0 Å². The summed E-state index contributed by atoms with van der Waals surface area (Å²) in [4.78, 5) is 10.8. The molecule has 7 heteroatoms. The molecule has 0 radical (unpaired) electrons. The molecule has 0 saturated heterocycles. The molecular weight excluding hydrogens is 280 g/mol. The van der Waals surface area contributed by atoms with E-state index in [0.29, 0.717) is 0 Å². The molecular formula is C13H14F4O3. The van der Waals surface area contributed by atoms with Crippen molar-refractivity contribution in [1.29, 1.82) is 0 Å². The Morgan fingerprint density at radius 1 is 1.25 bits per heavy atom. The Morgan fingerprint density at radius 3 is 2.25 bits per heavy atom. The minimum Gasteiger partial charge on any atom is -0.481 e. The van der Waals surface area contributed by atoms with Crippen LogP contribution in [0.2, 0.25) is 0 Å². The van der Waals surface area contributed by atoms with Gasteiger partial charge in [0.1, 0.15) is 5.82 Å². The first-order chi connectivity index (χ1) is 9.05. The summed E-state index contributed by atoms with van der Waals surface area (Å²) in [7, 11) is 0. The summed E-state index contributed by atoms with van der Waals surface area (Å²) in [5.41, 5.74) is -1.83. The van der Waals surface area contributed by atoms with Crippen molar-refractivity contribution in [2.75, 3.05) is 0 Å². The number of benzene rings is 1. The molecule has 20 heavy (non-hydrogen) atoms. The molecule has 3 unspecified atom stereocenters. The van der Waals surface area contributed by atoms with E-state index in [9.17, 15) is 27.5 Å². The van der Waals surface area contributed by atoms with Gasteiger partial charge >= 0.3 is 12.1 Å². The van der Waals surface area contributed by atoms with Crippen LogP contribution in [0.1, 0.15) is 31.1 Å². The van der Waals surface area contributed by atoms with E-state index in [4.69, 9.17) is 5.11 Å². The van der Waals surface area contributed by atoms with Gasteiger partial charge in [0.25, 0.3) is 0 Å². The molecule has 0 fully saturated rings. The number of carbonyl (C=O) groups is 1. The van der Waals surface area contributed by atoms with Crippen molar-refractivity contribution in [3.8, 4) is 0 Å². The van der Waals surface area contributed by atoms with Crippen molar-refractivity contribution in [2.45, 2.75) is 26.1 Å². The Hall–Kier alpha value is -1.63. The van der Waals surface area contributed by atoms with Gasteiger partial charge in [-0.3, -0.25) is 4.79 Å². The van der Waals surface area contributed by atoms with Crippen LogP contribution < -0.4 is 0 Å². The molecule has 112 valence electrons. The quantitative estimate of drug-likeness (QED) is 0.838. The van der Waals surface area contributed by atoms with Crippen LogP contribution in [0.3, 0.4) is 0 Å². The molecule has 0 aromatic heterocycles. The summed E-state index contributed by atoms with van der Waals surface area (Å²) in [5, 5.41) is 18.8. The number of aliphatic hydroxyl groups excluding tert-OH is 1. The van der Waals surface area contributed by atoms with Gasteiger partial charge in [0.05, 0.1) is 17.6 Å². The molecule has 3 nitrogen and oxygen atoms in total. The molecule has 1 aromatic carbocycles. The number of aliphatic hydroxyl groups is 1. The molecule has 2 N–H and O–H groups in total. The standard InChI is InChI=1S/C13H14F4O3/c1-6(7(2)12(19)20)11(18)9-4-3-8(14)5-10(9)13(15,16)17/h3-7,11,18H,1-2H3,(H,19,20). The molecule has 1 rings (SSSR count). The molecule has 0 heterocycles. The number of rotatable bonds is 4. The highest BCUT2D eigenvalue weighted by molar-refractivity contribution is 5.70. The maximum absolute atomic E-state index is 13.0. The van der Waals surface area contributed by atoms with Gasteiger partial charge in [-0.25, -0.2) is 4.39 Å². The number of hydrogen-bond donors (Lipinski definition) is 2. The number of halogens is 4. The lowest BCUT2D eigenvalue weighted by Gasteiger charge is -2.25. The second-order valence-corrected chi connectivity index (χ2v) is 4.66. The van der Waals surface area contributed by atoms with Crippen molar-refractivity contribution in [3.05, 3.63) is 35.1 Å². The van der Waals surface area contributed by atoms with Gasteiger partial charge in [-0.2, -0.15) is 13.2 Å². The third kappa shape index (κ3) is 3.47. The largest absolute Gasteiger partial charge is 0.481 e. The number of hydrogen-bond acceptors (Lipinski definition) is 2. The fourth-order valence-corrected chi connectivity index (χ4v) is 1.81. The van der Waals surface area contributed by atoms with E-state index in [2.05, 4.69) is 0 Å². The van der Waals surface area contributed by atoms with Crippen molar-refractivity contribution < 1.29 is 32.6 Å². The van der Waals surface area contributed by atoms with Gasteiger partial charge < -0.3 is 10.2 Å². The highest BCUT2D eigenvalue weighted by Crippen LogP contribution is 2.38. The SMILES string of the molecule is CC(C(=O)O)C(C)C(O)c1ccc(F)cc1C(F)(F)F. The highest BCUT2D eigenvalue weighted by Gasteiger charge is 2.38. The Balaban J connectivity index is 3.22. The number of carboxylic acids is 1. The second kappa shape index (κ2) is 5.78. The average molecular weight is 294 g/mol. The normalized spacial score (nSPS) is 16.6. The van der Waals surface area contributed by atoms with Crippen LogP contribution in [0.4, 0.5) is 17.6 Å². The molecule has 0 saturated carbocycles. The van der Waals surface area contributed by atoms with Crippen molar-refractivity contribution in [1.82, 2.24) is 0 Å². The maximum atomic E-state index is 13.0. The van der Waals surface area contributed by atoms with Crippen LogP contribution in [0.15, 0.2) is 18.2 Å². The van der Waals surface area contributed by atoms with E-state index in [1.807, 2.05) is 0 Å². The molecule has 1 aromatic rings.